The Balaban J connectivity index is 1.11. The van der Waals surface area contributed by atoms with Crippen LogP contribution in [0.2, 0.25) is 5.02 Å². The van der Waals surface area contributed by atoms with Crippen LogP contribution < -0.4 is 4.74 Å². The molecule has 1 aromatic carbocycles. The fourth-order valence-electron chi connectivity index (χ4n) is 4.97. The largest absolute Gasteiger partial charge is 0.456 e. The van der Waals surface area contributed by atoms with E-state index in [-0.39, 0.29) is 18.3 Å². The lowest BCUT2D eigenvalue weighted by Gasteiger charge is -2.15. The molecule has 2 aliphatic heterocycles. The molecule has 10 heteroatoms. The Morgan fingerprint density at radius 2 is 1.81 bits per heavy atom. The molecule has 4 aromatic heterocycles. The number of nitrogens with one attached hydrogen (secondary N) is 1. The lowest BCUT2D eigenvalue weighted by Crippen LogP contribution is -2.33. The highest BCUT2D eigenvalue weighted by Gasteiger charge is 2.47. The molecule has 5 aromatic rings. The van der Waals surface area contributed by atoms with E-state index in [1.807, 2.05) is 60.9 Å². The highest BCUT2D eigenvalue weighted by atomic mass is 35.5. The first-order valence-corrected chi connectivity index (χ1v) is 12.5. The zero-order chi connectivity index (χ0) is 24.9. The summed E-state index contributed by atoms with van der Waals surface area (Å²) in [4.78, 5) is 17.0. The van der Waals surface area contributed by atoms with E-state index in [4.69, 9.17) is 30.8 Å². The number of benzene rings is 1. The molecule has 0 bridgehead atoms. The number of aromatic amines is 1. The average molecular weight is 515 g/mol. The fraction of sp³-hybridized carbons (Fsp3) is 0.259. The van der Waals surface area contributed by atoms with Gasteiger partial charge in [-0.2, -0.15) is 10.1 Å². The highest BCUT2D eigenvalue weighted by Crippen LogP contribution is 2.34. The van der Waals surface area contributed by atoms with Crippen molar-refractivity contribution in [3.05, 3.63) is 72.1 Å². The van der Waals surface area contributed by atoms with Crippen LogP contribution >= 0.6 is 11.6 Å². The summed E-state index contributed by atoms with van der Waals surface area (Å²) in [5, 5.41) is 4.74. The number of nitrogens with zero attached hydrogens (tertiary/aromatic N) is 5. The molecule has 2 aliphatic rings. The van der Waals surface area contributed by atoms with E-state index in [0.29, 0.717) is 47.0 Å². The van der Waals surface area contributed by atoms with Gasteiger partial charge in [-0.15, -0.1) is 0 Å². The predicted octanol–water partition coefficient (Wildman–Crippen LogP) is 4.71. The molecule has 4 atom stereocenters. The Hall–Kier alpha value is -3.79. The van der Waals surface area contributed by atoms with Crippen molar-refractivity contribution >= 4 is 22.8 Å². The van der Waals surface area contributed by atoms with Crippen molar-refractivity contribution in [2.45, 2.75) is 25.2 Å². The first kappa shape index (κ1) is 22.4. The highest BCUT2D eigenvalue weighted by molar-refractivity contribution is 6.33. The van der Waals surface area contributed by atoms with Gasteiger partial charge in [-0.05, 0) is 29.8 Å². The van der Waals surface area contributed by atoms with Gasteiger partial charge in [0.2, 0.25) is 0 Å². The number of aromatic nitrogens is 6. The van der Waals surface area contributed by atoms with Gasteiger partial charge in [0, 0.05) is 35.6 Å². The smallest absolute Gasteiger partial charge is 0.296 e. The summed E-state index contributed by atoms with van der Waals surface area (Å²) in [6.07, 6.45) is 5.21. The molecule has 7 rings (SSSR count). The topological polar surface area (TPSA) is 100.0 Å². The molecule has 0 radical (unpaired) electrons. The van der Waals surface area contributed by atoms with Gasteiger partial charge >= 0.3 is 0 Å². The van der Waals surface area contributed by atoms with Crippen LogP contribution in [0.4, 0.5) is 0 Å². The molecular formula is C27H23ClN6O3. The van der Waals surface area contributed by atoms with Gasteiger partial charge in [0.1, 0.15) is 6.10 Å². The van der Waals surface area contributed by atoms with Crippen LogP contribution in [0.1, 0.15) is 6.92 Å². The SMILES string of the molecule is C[C@@H]1CO[C@@H]2C(Oc3nc4nc(-c5ccc(-c6ccc(-n7cccn7)nc6)cc5)c(Cl)cc4[nH]3)CO[C@H]12. The molecule has 37 heavy (non-hydrogen) atoms. The van der Waals surface area contributed by atoms with Crippen LogP contribution in [0.5, 0.6) is 6.01 Å². The lowest BCUT2D eigenvalue weighted by molar-refractivity contribution is 0.0262. The van der Waals surface area contributed by atoms with Crippen molar-refractivity contribution in [2.75, 3.05) is 13.2 Å². The minimum absolute atomic E-state index is 0.0710. The van der Waals surface area contributed by atoms with Gasteiger partial charge in [-0.3, -0.25) is 0 Å². The number of rotatable bonds is 5. The molecular weight excluding hydrogens is 492 g/mol. The van der Waals surface area contributed by atoms with Crippen molar-refractivity contribution in [1.29, 1.82) is 0 Å². The fourth-order valence-corrected chi connectivity index (χ4v) is 5.23. The second-order valence-corrected chi connectivity index (χ2v) is 9.80. The number of hydrogen-bond acceptors (Lipinski definition) is 7. The van der Waals surface area contributed by atoms with Gasteiger partial charge in [0.15, 0.2) is 17.6 Å². The number of fused-ring (bicyclic) bond motifs is 2. The van der Waals surface area contributed by atoms with Crippen molar-refractivity contribution in [1.82, 2.24) is 29.7 Å². The van der Waals surface area contributed by atoms with Crippen LogP contribution in [0.15, 0.2) is 67.1 Å². The molecule has 9 nitrogen and oxygen atoms in total. The van der Waals surface area contributed by atoms with Crippen LogP contribution in [0.25, 0.3) is 39.4 Å². The third-order valence-electron chi connectivity index (χ3n) is 6.90. The summed E-state index contributed by atoms with van der Waals surface area (Å²) in [6.45, 7) is 3.29. The molecule has 0 aliphatic carbocycles. The van der Waals surface area contributed by atoms with Gasteiger partial charge in [0.05, 0.1) is 35.6 Å². The van der Waals surface area contributed by atoms with Crippen molar-refractivity contribution in [2.24, 2.45) is 5.92 Å². The molecule has 186 valence electrons. The summed E-state index contributed by atoms with van der Waals surface area (Å²) in [6, 6.07) is 16.1. The maximum Gasteiger partial charge on any atom is 0.296 e. The van der Waals surface area contributed by atoms with Crippen molar-refractivity contribution in [3.63, 3.8) is 0 Å². The van der Waals surface area contributed by atoms with Crippen LogP contribution in [0, 0.1) is 5.92 Å². The monoisotopic (exact) mass is 514 g/mol. The van der Waals surface area contributed by atoms with Crippen molar-refractivity contribution < 1.29 is 14.2 Å². The Morgan fingerprint density at radius 3 is 2.59 bits per heavy atom. The number of hydrogen-bond donors (Lipinski definition) is 1. The number of H-pyrrole nitrogens is 1. The summed E-state index contributed by atoms with van der Waals surface area (Å²) >= 11 is 6.62. The molecule has 1 unspecified atom stereocenters. The zero-order valence-electron chi connectivity index (χ0n) is 19.9. The molecule has 0 saturated carbocycles. The van der Waals surface area contributed by atoms with E-state index in [2.05, 4.69) is 27.0 Å². The standard InChI is InChI=1S/C27H23ClN6O3/c1-15-13-35-25-21(14-36-24(15)25)37-27-31-20-11-19(28)23(32-26(20)33-27)17-5-3-16(4-6-17)18-7-8-22(29-12-18)34-10-2-9-30-34/h2-12,15,21,24-25H,13-14H2,1H3,(H,31,32,33)/t15-,21?,24-,25-/m1/s1. The van der Waals surface area contributed by atoms with Gasteiger partial charge in [0.25, 0.3) is 6.01 Å². The number of halogens is 1. The lowest BCUT2D eigenvalue weighted by atomic mass is 10.0. The normalized spacial score (nSPS) is 23.0. The molecule has 6 heterocycles. The van der Waals surface area contributed by atoms with Crippen LogP contribution in [0.3, 0.4) is 0 Å². The second kappa shape index (κ2) is 8.95. The summed E-state index contributed by atoms with van der Waals surface area (Å²) in [7, 11) is 0. The van der Waals surface area contributed by atoms with Crippen LogP contribution in [-0.4, -0.2) is 61.2 Å². The van der Waals surface area contributed by atoms with Crippen molar-refractivity contribution in [3.8, 4) is 34.2 Å². The van der Waals surface area contributed by atoms with E-state index in [9.17, 15) is 0 Å². The first-order valence-electron chi connectivity index (χ1n) is 12.2. The van der Waals surface area contributed by atoms with Gasteiger partial charge < -0.3 is 19.2 Å². The molecule has 0 amide bonds. The maximum atomic E-state index is 6.62. The number of imidazole rings is 1. The van der Waals surface area contributed by atoms with E-state index in [0.717, 1.165) is 22.5 Å². The summed E-state index contributed by atoms with van der Waals surface area (Å²) in [5.41, 5.74) is 4.83. The molecule has 2 fully saturated rings. The summed E-state index contributed by atoms with van der Waals surface area (Å²) in [5.74, 6) is 1.13. The van der Waals surface area contributed by atoms with E-state index in [1.54, 1.807) is 10.9 Å². The Morgan fingerprint density at radius 1 is 1.00 bits per heavy atom. The average Bonchev–Trinajstić information content (AvgIpc) is 3.71. The first-order chi connectivity index (χ1) is 18.1. The molecule has 0 spiro atoms. The third kappa shape index (κ3) is 4.05. The van der Waals surface area contributed by atoms with Gasteiger partial charge in [-0.1, -0.05) is 42.8 Å². The van der Waals surface area contributed by atoms with Gasteiger partial charge in [-0.25, -0.2) is 14.6 Å². The third-order valence-corrected chi connectivity index (χ3v) is 7.19. The maximum absolute atomic E-state index is 6.62. The summed E-state index contributed by atoms with van der Waals surface area (Å²) < 4.78 is 19.6. The van der Waals surface area contributed by atoms with E-state index >= 15 is 0 Å². The second-order valence-electron chi connectivity index (χ2n) is 9.39. The van der Waals surface area contributed by atoms with Crippen LogP contribution in [-0.2, 0) is 9.47 Å². The minimum atomic E-state index is -0.207. The predicted molar refractivity (Wildman–Crippen MR) is 138 cm³/mol. The van der Waals surface area contributed by atoms with E-state index in [1.165, 1.54) is 0 Å². The molecule has 1 N–H and O–H groups in total. The van der Waals surface area contributed by atoms with E-state index < -0.39 is 0 Å². The molecule has 2 saturated heterocycles. The Labute approximate surface area is 217 Å². The quantitative estimate of drug-likeness (QED) is 0.362. The minimum Gasteiger partial charge on any atom is -0.456 e. The Bertz CT molecular complexity index is 1550. The number of pyridine rings is 2. The zero-order valence-corrected chi connectivity index (χ0v) is 20.7. The Kier molecular flexibility index (Phi) is 5.42. The number of ether oxygens (including phenoxy) is 3.